The highest BCUT2D eigenvalue weighted by molar-refractivity contribution is 6.30. The van der Waals surface area contributed by atoms with Crippen LogP contribution in [0.3, 0.4) is 0 Å². The van der Waals surface area contributed by atoms with Crippen molar-refractivity contribution in [1.82, 2.24) is 9.78 Å². The fraction of sp³-hybridized carbons (Fsp3) is 0.100. The molecule has 16 heavy (non-hydrogen) atoms. The Hall–Kier alpha value is -1.46. The molecule has 0 aliphatic carbocycles. The number of hydrogen-bond acceptors (Lipinski definition) is 2. The molecule has 1 aromatic carbocycles. The molecule has 1 aromatic heterocycles. The van der Waals surface area contributed by atoms with E-state index in [1.54, 1.807) is 0 Å². The van der Waals surface area contributed by atoms with Crippen molar-refractivity contribution < 1.29 is 13.9 Å². The van der Waals surface area contributed by atoms with Gasteiger partial charge < -0.3 is 5.11 Å². The molecule has 1 N–H and O–H groups in total. The number of benzene rings is 1. The van der Waals surface area contributed by atoms with Crippen LogP contribution in [0.25, 0.3) is 5.69 Å². The Balaban J connectivity index is 2.57. The summed E-state index contributed by atoms with van der Waals surface area (Å²) in [6, 6.07) is 2.10. The molecule has 3 nitrogen and oxygen atoms in total. The fourth-order valence-corrected chi connectivity index (χ4v) is 1.49. The average Bonchev–Trinajstić information content (AvgIpc) is 2.63. The molecule has 84 valence electrons. The zero-order chi connectivity index (χ0) is 11.7. The summed E-state index contributed by atoms with van der Waals surface area (Å²) in [6.07, 6.45) is 2.57. The Kier molecular flexibility index (Phi) is 2.89. The maximum atomic E-state index is 13.5. The molecule has 2 rings (SSSR count). The molecule has 2 aromatic rings. The number of aliphatic hydroxyl groups excluding tert-OH is 1. The SMILES string of the molecule is OCc1cc(F)c(-n2cc(Cl)cn2)c(F)c1. The Morgan fingerprint density at radius 1 is 1.31 bits per heavy atom. The van der Waals surface area contributed by atoms with Crippen LogP contribution in [0, 0.1) is 11.6 Å². The van der Waals surface area contributed by atoms with Crippen molar-refractivity contribution in [1.29, 1.82) is 0 Å². The molecule has 0 saturated heterocycles. The van der Waals surface area contributed by atoms with E-state index in [9.17, 15) is 8.78 Å². The van der Waals surface area contributed by atoms with E-state index in [4.69, 9.17) is 16.7 Å². The van der Waals surface area contributed by atoms with Gasteiger partial charge in [-0.1, -0.05) is 11.6 Å². The number of rotatable bonds is 2. The minimum absolute atomic E-state index is 0.164. The summed E-state index contributed by atoms with van der Waals surface area (Å²) in [5, 5.41) is 12.8. The first-order valence-corrected chi connectivity index (χ1v) is 4.79. The van der Waals surface area contributed by atoms with E-state index in [2.05, 4.69) is 5.10 Å². The Morgan fingerprint density at radius 3 is 2.38 bits per heavy atom. The smallest absolute Gasteiger partial charge is 0.152 e. The molecule has 0 spiro atoms. The van der Waals surface area contributed by atoms with Gasteiger partial charge in [0.25, 0.3) is 0 Å². The van der Waals surface area contributed by atoms with Crippen molar-refractivity contribution in [2.45, 2.75) is 6.61 Å². The number of halogens is 3. The van der Waals surface area contributed by atoms with Crippen LogP contribution in [-0.2, 0) is 6.61 Å². The first kappa shape index (κ1) is 11.0. The molecule has 0 unspecified atom stereocenters. The van der Waals surface area contributed by atoms with Gasteiger partial charge in [-0.3, -0.25) is 0 Å². The highest BCUT2D eigenvalue weighted by Crippen LogP contribution is 2.20. The summed E-state index contributed by atoms with van der Waals surface area (Å²) in [4.78, 5) is 0. The van der Waals surface area contributed by atoms with Crippen LogP contribution in [0.1, 0.15) is 5.56 Å². The third-order valence-corrected chi connectivity index (χ3v) is 2.23. The highest BCUT2D eigenvalue weighted by atomic mass is 35.5. The van der Waals surface area contributed by atoms with E-state index in [0.29, 0.717) is 0 Å². The predicted octanol–water partition coefficient (Wildman–Crippen LogP) is 2.30. The Morgan fingerprint density at radius 2 is 1.94 bits per heavy atom. The second kappa shape index (κ2) is 4.19. The van der Waals surface area contributed by atoms with Gasteiger partial charge in [-0.25, -0.2) is 13.5 Å². The van der Waals surface area contributed by atoms with Crippen LogP contribution in [0.5, 0.6) is 0 Å². The first-order chi connectivity index (χ1) is 7.61. The molecule has 6 heteroatoms. The van der Waals surface area contributed by atoms with Crippen molar-refractivity contribution in [3.8, 4) is 5.69 Å². The zero-order valence-corrected chi connectivity index (χ0v) is 8.75. The maximum Gasteiger partial charge on any atom is 0.152 e. The summed E-state index contributed by atoms with van der Waals surface area (Å²) in [7, 11) is 0. The lowest BCUT2D eigenvalue weighted by Gasteiger charge is -2.06. The fourth-order valence-electron chi connectivity index (χ4n) is 1.35. The van der Waals surface area contributed by atoms with Gasteiger partial charge in [-0.05, 0) is 17.7 Å². The summed E-state index contributed by atoms with van der Waals surface area (Å²) >= 11 is 5.61. The number of hydrogen-bond donors (Lipinski definition) is 1. The lowest BCUT2D eigenvalue weighted by atomic mass is 10.2. The van der Waals surface area contributed by atoms with E-state index >= 15 is 0 Å². The Labute approximate surface area is 94.9 Å². The van der Waals surface area contributed by atoms with Crippen molar-refractivity contribution in [3.05, 3.63) is 46.7 Å². The summed E-state index contributed by atoms with van der Waals surface area (Å²) < 4.78 is 28.1. The summed E-state index contributed by atoms with van der Waals surface area (Å²) in [6.45, 7) is -0.423. The molecule has 0 saturated carbocycles. The third kappa shape index (κ3) is 1.91. The van der Waals surface area contributed by atoms with Crippen LogP contribution in [0.15, 0.2) is 24.5 Å². The van der Waals surface area contributed by atoms with Crippen LogP contribution >= 0.6 is 11.6 Å². The van der Waals surface area contributed by atoms with Gasteiger partial charge in [0.2, 0.25) is 0 Å². The van der Waals surface area contributed by atoms with Crippen molar-refractivity contribution in [3.63, 3.8) is 0 Å². The van der Waals surface area contributed by atoms with Gasteiger partial charge in [0, 0.05) is 6.20 Å². The van der Waals surface area contributed by atoms with E-state index in [1.165, 1.54) is 12.4 Å². The zero-order valence-electron chi connectivity index (χ0n) is 7.99. The van der Waals surface area contributed by atoms with Gasteiger partial charge in [-0.15, -0.1) is 0 Å². The molecule has 1 heterocycles. The molecule has 0 aliphatic rings. The topological polar surface area (TPSA) is 38.0 Å². The van der Waals surface area contributed by atoms with Crippen LogP contribution in [0.4, 0.5) is 8.78 Å². The minimum Gasteiger partial charge on any atom is -0.392 e. The molecule has 0 radical (unpaired) electrons. The molecule has 0 bridgehead atoms. The average molecular weight is 245 g/mol. The van der Waals surface area contributed by atoms with E-state index in [1.807, 2.05) is 0 Å². The van der Waals surface area contributed by atoms with Gasteiger partial charge in [-0.2, -0.15) is 5.10 Å². The van der Waals surface area contributed by atoms with Gasteiger partial charge in [0.15, 0.2) is 11.6 Å². The normalized spacial score (nSPS) is 10.8. The number of aromatic nitrogens is 2. The molecule has 0 fully saturated rings. The minimum atomic E-state index is -0.802. The Bertz CT molecular complexity index is 504. The van der Waals surface area contributed by atoms with Crippen LogP contribution in [-0.4, -0.2) is 14.9 Å². The molecular weight excluding hydrogens is 238 g/mol. The molecule has 0 amide bonds. The lowest BCUT2D eigenvalue weighted by molar-refractivity contribution is 0.280. The van der Waals surface area contributed by atoms with Crippen LogP contribution < -0.4 is 0 Å². The number of nitrogens with zero attached hydrogens (tertiary/aromatic N) is 2. The van der Waals surface area contributed by atoms with E-state index < -0.39 is 18.2 Å². The molecular formula is C10H7ClF2N2O. The second-order valence-corrected chi connectivity index (χ2v) is 3.61. The van der Waals surface area contributed by atoms with Gasteiger partial charge in [0.1, 0.15) is 5.69 Å². The third-order valence-electron chi connectivity index (χ3n) is 2.04. The van der Waals surface area contributed by atoms with E-state index in [0.717, 1.165) is 16.8 Å². The lowest BCUT2D eigenvalue weighted by Crippen LogP contribution is -2.03. The van der Waals surface area contributed by atoms with Gasteiger partial charge in [0.05, 0.1) is 17.8 Å². The van der Waals surface area contributed by atoms with Crippen molar-refractivity contribution in [2.75, 3.05) is 0 Å². The summed E-state index contributed by atoms with van der Waals surface area (Å²) in [5.41, 5.74) is -0.152. The standard InChI is InChI=1S/C10H7ClF2N2O/c11-7-3-14-15(4-7)10-8(12)1-6(5-16)2-9(10)13/h1-4,16H,5H2. The first-order valence-electron chi connectivity index (χ1n) is 4.41. The molecule has 0 aliphatic heterocycles. The second-order valence-electron chi connectivity index (χ2n) is 3.17. The van der Waals surface area contributed by atoms with Gasteiger partial charge >= 0.3 is 0 Å². The molecule has 0 atom stereocenters. The highest BCUT2D eigenvalue weighted by Gasteiger charge is 2.13. The quantitative estimate of drug-likeness (QED) is 0.880. The monoisotopic (exact) mass is 244 g/mol. The predicted molar refractivity (Wildman–Crippen MR) is 54.4 cm³/mol. The van der Waals surface area contributed by atoms with Crippen molar-refractivity contribution in [2.24, 2.45) is 0 Å². The van der Waals surface area contributed by atoms with E-state index in [-0.39, 0.29) is 16.3 Å². The summed E-state index contributed by atoms with van der Waals surface area (Å²) in [5.74, 6) is -1.60. The number of aliphatic hydroxyl groups is 1. The van der Waals surface area contributed by atoms with Crippen molar-refractivity contribution >= 4 is 11.6 Å². The maximum absolute atomic E-state index is 13.5. The van der Waals surface area contributed by atoms with Crippen LogP contribution in [0.2, 0.25) is 5.02 Å². The largest absolute Gasteiger partial charge is 0.392 e.